The van der Waals surface area contributed by atoms with Gasteiger partial charge in [0.1, 0.15) is 30.2 Å². The van der Waals surface area contributed by atoms with Crippen LogP contribution in [0, 0.1) is 0 Å². The van der Waals surface area contributed by atoms with Crippen LogP contribution in [0.1, 0.15) is 38.5 Å². The zero-order valence-corrected chi connectivity index (χ0v) is 16.1. The summed E-state index contributed by atoms with van der Waals surface area (Å²) in [7, 11) is 0. The van der Waals surface area contributed by atoms with Gasteiger partial charge in [-0.2, -0.15) is 0 Å². The van der Waals surface area contributed by atoms with Gasteiger partial charge in [-0.1, -0.05) is 12.1 Å². The lowest BCUT2D eigenvalue weighted by Gasteiger charge is -2.45. The van der Waals surface area contributed by atoms with Gasteiger partial charge in [-0.25, -0.2) is 0 Å². The van der Waals surface area contributed by atoms with E-state index in [0.29, 0.717) is 0 Å². The van der Waals surface area contributed by atoms with E-state index in [2.05, 4.69) is 0 Å². The summed E-state index contributed by atoms with van der Waals surface area (Å²) in [5.41, 5.74) is -0.0123. The Morgan fingerprint density at radius 3 is 2.19 bits per heavy atom. The van der Waals surface area contributed by atoms with Crippen molar-refractivity contribution >= 4 is 5.78 Å². The summed E-state index contributed by atoms with van der Waals surface area (Å²) in [4.78, 5) is 13.1. The molecule has 8 N–H and O–H groups in total. The Labute approximate surface area is 175 Å². The minimum Gasteiger partial charge on any atom is -0.507 e. The average molecular weight is 434 g/mol. The second-order valence-electron chi connectivity index (χ2n) is 7.74. The number of ketones is 1. The van der Waals surface area contributed by atoms with E-state index in [9.17, 15) is 45.6 Å². The van der Waals surface area contributed by atoms with Crippen LogP contribution in [0.2, 0.25) is 0 Å². The van der Waals surface area contributed by atoms with Crippen LogP contribution in [-0.2, 0) is 11.3 Å². The first-order valence-corrected chi connectivity index (χ1v) is 9.57. The number of fused-ring (bicyclic) bond motifs is 2. The topological polar surface area (TPSA) is 188 Å². The highest BCUT2D eigenvalue weighted by atomic mass is 16.5. The predicted molar refractivity (Wildman–Crippen MR) is 103 cm³/mol. The van der Waals surface area contributed by atoms with Crippen molar-refractivity contribution in [1.29, 1.82) is 0 Å². The van der Waals surface area contributed by atoms with E-state index in [1.54, 1.807) is 0 Å². The first-order valence-electron chi connectivity index (χ1n) is 9.57. The van der Waals surface area contributed by atoms with Gasteiger partial charge in [0.15, 0.2) is 11.5 Å². The highest BCUT2D eigenvalue weighted by Gasteiger charge is 2.50. The summed E-state index contributed by atoms with van der Waals surface area (Å²) in [5.74, 6) is -3.66. The van der Waals surface area contributed by atoms with Gasteiger partial charge in [-0.05, 0) is 28.8 Å². The predicted octanol–water partition coefficient (Wildman–Crippen LogP) is -1.19. The molecule has 1 fully saturated rings. The van der Waals surface area contributed by atoms with Crippen molar-refractivity contribution in [2.75, 3.05) is 6.61 Å². The van der Waals surface area contributed by atoms with Crippen LogP contribution in [0.3, 0.4) is 0 Å². The Morgan fingerprint density at radius 2 is 1.55 bits per heavy atom. The molecule has 166 valence electrons. The largest absolute Gasteiger partial charge is 0.507 e. The number of aliphatic hydroxyl groups is 5. The van der Waals surface area contributed by atoms with E-state index in [-0.39, 0.29) is 27.8 Å². The van der Waals surface area contributed by atoms with Gasteiger partial charge in [-0.3, -0.25) is 4.79 Å². The zero-order valence-electron chi connectivity index (χ0n) is 16.1. The molecule has 0 saturated carbocycles. The normalized spacial score (nSPS) is 30.0. The molecule has 1 saturated heterocycles. The van der Waals surface area contributed by atoms with Gasteiger partial charge >= 0.3 is 0 Å². The van der Waals surface area contributed by atoms with Gasteiger partial charge in [0.05, 0.1) is 30.4 Å². The van der Waals surface area contributed by atoms with Crippen LogP contribution in [-0.4, -0.2) is 83.8 Å². The number of aromatic hydroxyl groups is 3. The van der Waals surface area contributed by atoms with E-state index in [4.69, 9.17) is 4.74 Å². The lowest BCUT2D eigenvalue weighted by atomic mass is 9.71. The summed E-state index contributed by atoms with van der Waals surface area (Å²) >= 11 is 0. The van der Waals surface area contributed by atoms with Gasteiger partial charge in [0, 0.05) is 5.92 Å². The number of rotatable bonds is 3. The third-order valence-corrected chi connectivity index (χ3v) is 5.96. The van der Waals surface area contributed by atoms with Crippen molar-refractivity contribution in [3.63, 3.8) is 0 Å². The number of hydrogen-bond acceptors (Lipinski definition) is 10. The standard InChI is InChI=1S/C21H22O10/c22-5-7-3-9-13(21-20(30)19(29)17(27)12(6-23)31-21)8-1-2-10(24)16(26)15(8)18(28)14(9)11(25)4-7/h1-4,12-13,17,19-27,29-30H,5-6H2/t12-,13+,17-,19+,20-,21+/m1/s1. The fourth-order valence-corrected chi connectivity index (χ4v) is 4.44. The van der Waals surface area contributed by atoms with Crippen molar-refractivity contribution in [3.8, 4) is 17.2 Å². The van der Waals surface area contributed by atoms with Crippen molar-refractivity contribution in [2.24, 2.45) is 0 Å². The molecule has 1 aliphatic heterocycles. The summed E-state index contributed by atoms with van der Waals surface area (Å²) in [5, 5.41) is 80.9. The molecule has 10 nitrogen and oxygen atoms in total. The molecule has 0 amide bonds. The number of phenolic OH excluding ortho intramolecular Hbond substituents is 3. The van der Waals surface area contributed by atoms with Crippen molar-refractivity contribution < 1.29 is 50.4 Å². The average Bonchev–Trinajstić information content (AvgIpc) is 2.75. The van der Waals surface area contributed by atoms with Crippen molar-refractivity contribution in [1.82, 2.24) is 0 Å². The minimum absolute atomic E-state index is 0.131. The molecule has 0 unspecified atom stereocenters. The number of ether oxygens (including phenoxy) is 1. The molecule has 31 heavy (non-hydrogen) atoms. The maximum atomic E-state index is 13.1. The smallest absolute Gasteiger partial charge is 0.201 e. The van der Waals surface area contributed by atoms with Crippen LogP contribution in [0.15, 0.2) is 24.3 Å². The molecule has 4 rings (SSSR count). The number of phenols is 3. The second kappa shape index (κ2) is 7.75. The summed E-state index contributed by atoms with van der Waals surface area (Å²) in [6.07, 6.45) is -7.52. The van der Waals surface area contributed by atoms with Gasteiger partial charge in [-0.15, -0.1) is 0 Å². The van der Waals surface area contributed by atoms with E-state index in [1.807, 2.05) is 0 Å². The number of carbonyl (C=O) groups is 1. The van der Waals surface area contributed by atoms with Crippen LogP contribution < -0.4 is 0 Å². The van der Waals surface area contributed by atoms with Crippen LogP contribution in [0.4, 0.5) is 0 Å². The van der Waals surface area contributed by atoms with Gasteiger partial charge in [0.2, 0.25) is 5.78 Å². The van der Waals surface area contributed by atoms with Crippen LogP contribution >= 0.6 is 0 Å². The Morgan fingerprint density at radius 1 is 0.839 bits per heavy atom. The zero-order chi connectivity index (χ0) is 22.6. The fraction of sp³-hybridized carbons (Fsp3) is 0.381. The molecule has 10 heteroatoms. The molecule has 0 spiro atoms. The lowest BCUT2D eigenvalue weighted by molar-refractivity contribution is -0.232. The van der Waals surface area contributed by atoms with Crippen LogP contribution in [0.5, 0.6) is 17.2 Å². The number of hydrogen-bond donors (Lipinski definition) is 8. The number of carbonyl (C=O) groups excluding carboxylic acids is 1. The third-order valence-electron chi connectivity index (χ3n) is 5.96. The molecule has 0 bridgehead atoms. The first-order chi connectivity index (χ1) is 14.7. The Bertz CT molecular complexity index is 1030. The molecule has 0 aromatic heterocycles. The Hall–Kier alpha value is -2.73. The van der Waals surface area contributed by atoms with E-state index < -0.39 is 72.7 Å². The lowest BCUT2D eigenvalue weighted by Crippen LogP contribution is -2.60. The Balaban J connectivity index is 1.98. The molecule has 2 aromatic carbocycles. The molecule has 1 aliphatic carbocycles. The highest BCUT2D eigenvalue weighted by molar-refractivity contribution is 6.16. The number of aliphatic hydroxyl groups excluding tert-OH is 5. The van der Waals surface area contributed by atoms with Crippen LogP contribution in [0.25, 0.3) is 0 Å². The summed E-state index contributed by atoms with van der Waals surface area (Å²) < 4.78 is 5.69. The second-order valence-corrected chi connectivity index (χ2v) is 7.74. The summed E-state index contributed by atoms with van der Waals surface area (Å²) in [6.45, 7) is -1.14. The third kappa shape index (κ3) is 3.16. The van der Waals surface area contributed by atoms with E-state index in [0.717, 1.165) is 6.07 Å². The minimum atomic E-state index is -1.69. The molecule has 2 aromatic rings. The molecular formula is C21H22O10. The molecular weight excluding hydrogens is 412 g/mol. The summed E-state index contributed by atoms with van der Waals surface area (Å²) in [6, 6.07) is 5.07. The first kappa shape index (κ1) is 21.5. The van der Waals surface area contributed by atoms with Gasteiger partial charge < -0.3 is 45.6 Å². The fourth-order valence-electron chi connectivity index (χ4n) is 4.44. The monoisotopic (exact) mass is 434 g/mol. The van der Waals surface area contributed by atoms with E-state index >= 15 is 0 Å². The highest BCUT2D eigenvalue weighted by Crippen LogP contribution is 2.49. The molecule has 1 heterocycles. The molecule has 2 aliphatic rings. The SMILES string of the molecule is O=C1c2c(O)cc(CO)cc2[C@@H]([C@@H]2O[C@H](CO)[C@@H](O)[C@H](O)[C@H]2O)c2ccc(O)c(O)c21. The number of benzene rings is 2. The van der Waals surface area contributed by atoms with E-state index in [1.165, 1.54) is 18.2 Å². The maximum Gasteiger partial charge on any atom is 0.201 e. The van der Waals surface area contributed by atoms with Gasteiger partial charge in [0.25, 0.3) is 0 Å². The molecule has 0 radical (unpaired) electrons. The quantitative estimate of drug-likeness (QED) is 0.273. The molecule has 6 atom stereocenters. The van der Waals surface area contributed by atoms with Crippen molar-refractivity contribution in [2.45, 2.75) is 43.0 Å². The Kier molecular flexibility index (Phi) is 5.38. The maximum absolute atomic E-state index is 13.1. The van der Waals surface area contributed by atoms with Crippen molar-refractivity contribution in [3.05, 3.63) is 52.1 Å².